The van der Waals surface area contributed by atoms with Crippen LogP contribution in [0.25, 0.3) is 0 Å². The van der Waals surface area contributed by atoms with Crippen molar-refractivity contribution in [2.24, 2.45) is 0 Å². The fourth-order valence-electron chi connectivity index (χ4n) is 2.13. The molecule has 1 saturated heterocycles. The second-order valence-electron chi connectivity index (χ2n) is 6.16. The Kier molecular flexibility index (Phi) is 4.24. The van der Waals surface area contributed by atoms with Crippen LogP contribution in [-0.4, -0.2) is 41.7 Å². The Balaban J connectivity index is 2.06. The number of piperidine rings is 1. The van der Waals surface area contributed by atoms with Crippen LogP contribution >= 0.6 is 0 Å². The lowest BCUT2D eigenvalue weighted by Gasteiger charge is -2.33. The molecular weight excluding hydrogens is 238 g/mol. The van der Waals surface area contributed by atoms with Crippen LogP contribution in [0.3, 0.4) is 0 Å². The minimum absolute atomic E-state index is 0.0559. The maximum Gasteiger partial charge on any atom is 0.134 e. The van der Waals surface area contributed by atoms with Crippen LogP contribution in [0.4, 0.5) is 11.6 Å². The third kappa shape index (κ3) is 3.80. The number of anilines is 2. The smallest absolute Gasteiger partial charge is 0.134 e. The molecule has 0 aliphatic carbocycles. The highest BCUT2D eigenvalue weighted by Gasteiger charge is 2.19. The summed E-state index contributed by atoms with van der Waals surface area (Å²) in [7, 11) is 2.07. The van der Waals surface area contributed by atoms with E-state index in [1.807, 2.05) is 6.07 Å². The maximum absolute atomic E-state index is 4.36. The summed E-state index contributed by atoms with van der Waals surface area (Å²) < 4.78 is 0. The normalized spacial score (nSPS) is 17.3. The zero-order chi connectivity index (χ0) is 13.9. The summed E-state index contributed by atoms with van der Waals surface area (Å²) in [5.41, 5.74) is 0.0559. The first kappa shape index (κ1) is 14.1. The molecule has 5 heteroatoms. The zero-order valence-electron chi connectivity index (χ0n) is 12.4. The number of hydrogen-bond donors (Lipinski definition) is 2. The average molecular weight is 263 g/mol. The van der Waals surface area contributed by atoms with Crippen molar-refractivity contribution in [1.82, 2.24) is 15.3 Å². The largest absolute Gasteiger partial charge is 0.367 e. The summed E-state index contributed by atoms with van der Waals surface area (Å²) in [6.45, 7) is 8.69. The van der Waals surface area contributed by atoms with Gasteiger partial charge >= 0.3 is 0 Å². The highest BCUT2D eigenvalue weighted by molar-refractivity contribution is 5.49. The van der Waals surface area contributed by atoms with Crippen LogP contribution < -0.4 is 15.5 Å². The van der Waals surface area contributed by atoms with Crippen molar-refractivity contribution in [1.29, 1.82) is 0 Å². The van der Waals surface area contributed by atoms with Gasteiger partial charge in [-0.05, 0) is 46.7 Å². The van der Waals surface area contributed by atoms with Crippen molar-refractivity contribution < 1.29 is 0 Å². The van der Waals surface area contributed by atoms with Gasteiger partial charge in [0.05, 0.1) is 0 Å². The Labute approximate surface area is 115 Å². The average Bonchev–Trinajstić information content (AvgIpc) is 2.38. The summed E-state index contributed by atoms with van der Waals surface area (Å²) in [5, 5.41) is 6.88. The molecule has 1 aliphatic heterocycles. The Hall–Kier alpha value is -1.36. The van der Waals surface area contributed by atoms with Gasteiger partial charge in [0.15, 0.2) is 0 Å². The molecule has 0 atom stereocenters. The molecule has 0 saturated carbocycles. The van der Waals surface area contributed by atoms with Crippen molar-refractivity contribution >= 4 is 11.6 Å². The molecule has 1 aromatic heterocycles. The third-order valence-corrected chi connectivity index (χ3v) is 3.69. The molecule has 19 heavy (non-hydrogen) atoms. The first-order chi connectivity index (χ1) is 8.97. The van der Waals surface area contributed by atoms with Gasteiger partial charge in [-0.25, -0.2) is 9.97 Å². The number of hydrogen-bond acceptors (Lipinski definition) is 5. The summed E-state index contributed by atoms with van der Waals surface area (Å²) in [4.78, 5) is 10.9. The van der Waals surface area contributed by atoms with E-state index in [1.165, 1.54) is 0 Å². The third-order valence-electron chi connectivity index (χ3n) is 3.69. The fourth-order valence-corrected chi connectivity index (χ4v) is 2.13. The molecule has 0 bridgehead atoms. The van der Waals surface area contributed by atoms with E-state index in [9.17, 15) is 0 Å². The molecule has 0 radical (unpaired) electrons. The number of aromatic nitrogens is 2. The number of nitrogens with zero attached hydrogens (tertiary/aromatic N) is 3. The van der Waals surface area contributed by atoms with Crippen LogP contribution in [0.5, 0.6) is 0 Å². The predicted molar refractivity (Wildman–Crippen MR) is 79.7 cm³/mol. The van der Waals surface area contributed by atoms with Gasteiger partial charge in [0.2, 0.25) is 0 Å². The molecule has 2 N–H and O–H groups in total. The second-order valence-corrected chi connectivity index (χ2v) is 6.16. The molecule has 1 aliphatic rings. The summed E-state index contributed by atoms with van der Waals surface area (Å²) in [6.07, 6.45) is 3.93. The van der Waals surface area contributed by atoms with Gasteiger partial charge in [-0.3, -0.25) is 0 Å². The lowest BCUT2D eigenvalue weighted by atomic mass is 10.1. The number of rotatable bonds is 3. The van der Waals surface area contributed by atoms with E-state index in [1.54, 1.807) is 6.33 Å². The van der Waals surface area contributed by atoms with Crippen LogP contribution in [0.1, 0.15) is 33.6 Å². The van der Waals surface area contributed by atoms with Crippen molar-refractivity contribution in [3.05, 3.63) is 12.4 Å². The van der Waals surface area contributed by atoms with E-state index in [4.69, 9.17) is 0 Å². The van der Waals surface area contributed by atoms with E-state index in [0.717, 1.165) is 37.6 Å². The summed E-state index contributed by atoms with van der Waals surface area (Å²) in [6, 6.07) is 2.55. The molecule has 5 nitrogen and oxygen atoms in total. The van der Waals surface area contributed by atoms with Gasteiger partial charge in [-0.1, -0.05) is 0 Å². The monoisotopic (exact) mass is 263 g/mol. The highest BCUT2D eigenvalue weighted by Crippen LogP contribution is 2.21. The molecular formula is C14H25N5. The molecule has 0 aromatic carbocycles. The fraction of sp³-hybridized carbons (Fsp3) is 0.714. The maximum atomic E-state index is 4.36. The van der Waals surface area contributed by atoms with E-state index in [-0.39, 0.29) is 5.54 Å². The Bertz CT molecular complexity index is 407. The van der Waals surface area contributed by atoms with Crippen LogP contribution in [0.2, 0.25) is 0 Å². The summed E-state index contributed by atoms with van der Waals surface area (Å²) >= 11 is 0. The van der Waals surface area contributed by atoms with Gasteiger partial charge in [0.25, 0.3) is 0 Å². The molecule has 106 valence electrons. The molecule has 1 aromatic rings. The summed E-state index contributed by atoms with van der Waals surface area (Å²) in [5.74, 6) is 1.88. The quantitative estimate of drug-likeness (QED) is 0.872. The zero-order valence-corrected chi connectivity index (χ0v) is 12.4. The first-order valence-electron chi connectivity index (χ1n) is 7.00. The van der Waals surface area contributed by atoms with Crippen molar-refractivity contribution in [2.75, 3.05) is 30.4 Å². The van der Waals surface area contributed by atoms with Gasteiger partial charge in [0, 0.05) is 24.7 Å². The first-order valence-corrected chi connectivity index (χ1v) is 7.00. The van der Waals surface area contributed by atoms with E-state index < -0.39 is 0 Å². The minimum atomic E-state index is 0.0559. The molecule has 2 rings (SSSR count). The Morgan fingerprint density at radius 1 is 1.26 bits per heavy atom. The number of nitrogens with one attached hydrogen (secondary N) is 2. The van der Waals surface area contributed by atoms with Crippen LogP contribution in [-0.2, 0) is 0 Å². The molecule has 0 spiro atoms. The standard InChI is InChI=1S/C14H25N5/c1-14(2,3)19(4)13-9-12(16-10-17-13)18-11-5-7-15-8-6-11/h9-11,15H,5-8H2,1-4H3,(H,16,17,18). The van der Waals surface area contributed by atoms with Gasteiger partial charge in [0.1, 0.15) is 18.0 Å². The topological polar surface area (TPSA) is 53.1 Å². The van der Waals surface area contributed by atoms with Crippen molar-refractivity contribution in [3.63, 3.8) is 0 Å². The van der Waals surface area contributed by atoms with Gasteiger partial charge in [-0.2, -0.15) is 0 Å². The molecule has 2 heterocycles. The highest BCUT2D eigenvalue weighted by atomic mass is 15.2. The molecule has 0 unspecified atom stereocenters. The molecule has 1 fully saturated rings. The molecule has 0 amide bonds. The minimum Gasteiger partial charge on any atom is -0.367 e. The van der Waals surface area contributed by atoms with E-state index in [2.05, 4.69) is 53.3 Å². The SMILES string of the molecule is CN(c1cc(NC2CCNCC2)ncn1)C(C)(C)C. The van der Waals surface area contributed by atoms with Crippen molar-refractivity contribution in [2.45, 2.75) is 45.2 Å². The van der Waals surface area contributed by atoms with Crippen LogP contribution in [0, 0.1) is 0 Å². The van der Waals surface area contributed by atoms with E-state index >= 15 is 0 Å². The van der Waals surface area contributed by atoms with Gasteiger partial charge < -0.3 is 15.5 Å². The Morgan fingerprint density at radius 3 is 2.58 bits per heavy atom. The van der Waals surface area contributed by atoms with Crippen LogP contribution in [0.15, 0.2) is 12.4 Å². The predicted octanol–water partition coefficient (Wildman–Crippen LogP) is 1.88. The second kappa shape index (κ2) is 5.74. The van der Waals surface area contributed by atoms with Crippen molar-refractivity contribution in [3.8, 4) is 0 Å². The Morgan fingerprint density at radius 2 is 1.95 bits per heavy atom. The lowest BCUT2D eigenvalue weighted by Crippen LogP contribution is -2.39. The van der Waals surface area contributed by atoms with E-state index in [0.29, 0.717) is 6.04 Å². The van der Waals surface area contributed by atoms with Gasteiger partial charge in [-0.15, -0.1) is 0 Å². The lowest BCUT2D eigenvalue weighted by molar-refractivity contribution is 0.478.